The van der Waals surface area contributed by atoms with Crippen molar-refractivity contribution in [2.75, 3.05) is 31.3 Å². The molecule has 1 fully saturated rings. The molecule has 1 aliphatic carbocycles. The van der Waals surface area contributed by atoms with Crippen LogP contribution in [0.1, 0.15) is 12.8 Å². The maximum absolute atomic E-state index is 11.5. The molecule has 0 unspecified atom stereocenters. The van der Waals surface area contributed by atoms with Crippen molar-refractivity contribution in [3.63, 3.8) is 0 Å². The first kappa shape index (κ1) is 13.3. The van der Waals surface area contributed by atoms with E-state index in [9.17, 15) is 8.42 Å². The number of hydrogen-bond acceptors (Lipinski definition) is 5. The molecule has 0 aromatic carbocycles. The maximum atomic E-state index is 11.5. The maximum Gasteiger partial charge on any atom is 0.179 e. The van der Waals surface area contributed by atoms with Gasteiger partial charge < -0.3 is 10.1 Å². The van der Waals surface area contributed by atoms with Gasteiger partial charge in [-0.3, -0.25) is 0 Å². The summed E-state index contributed by atoms with van der Waals surface area (Å²) in [4.78, 5) is 4.27. The number of rotatable bonds is 7. The summed E-state index contributed by atoms with van der Waals surface area (Å²) in [6, 6.07) is 3.17. The van der Waals surface area contributed by atoms with Crippen molar-refractivity contribution in [2.24, 2.45) is 5.92 Å². The van der Waals surface area contributed by atoms with Crippen LogP contribution in [0.25, 0.3) is 0 Å². The van der Waals surface area contributed by atoms with E-state index in [-0.39, 0.29) is 4.90 Å². The van der Waals surface area contributed by atoms with E-state index in [1.165, 1.54) is 19.1 Å². The minimum Gasteiger partial charge on any atom is -0.379 e. The summed E-state index contributed by atoms with van der Waals surface area (Å²) in [6.45, 7) is 1.94. The summed E-state index contributed by atoms with van der Waals surface area (Å²) < 4.78 is 28.5. The number of sulfone groups is 1. The second-order valence-electron chi connectivity index (χ2n) is 4.57. The molecule has 6 heteroatoms. The lowest BCUT2D eigenvalue weighted by molar-refractivity contribution is 0.134. The van der Waals surface area contributed by atoms with E-state index < -0.39 is 9.84 Å². The van der Waals surface area contributed by atoms with Gasteiger partial charge in [-0.25, -0.2) is 13.4 Å². The van der Waals surface area contributed by atoms with Crippen LogP contribution in [-0.4, -0.2) is 39.4 Å². The molecular weight excluding hydrogens is 252 g/mol. The van der Waals surface area contributed by atoms with Gasteiger partial charge in [-0.1, -0.05) is 0 Å². The van der Waals surface area contributed by atoms with Crippen molar-refractivity contribution >= 4 is 15.7 Å². The van der Waals surface area contributed by atoms with E-state index >= 15 is 0 Å². The van der Waals surface area contributed by atoms with E-state index in [2.05, 4.69) is 10.3 Å². The molecule has 18 heavy (non-hydrogen) atoms. The highest BCUT2D eigenvalue weighted by Crippen LogP contribution is 2.28. The fraction of sp³-hybridized carbons (Fsp3) is 0.583. The van der Waals surface area contributed by atoms with Gasteiger partial charge in [0.25, 0.3) is 0 Å². The van der Waals surface area contributed by atoms with Gasteiger partial charge in [0.05, 0.1) is 6.61 Å². The Labute approximate surface area is 107 Å². The number of anilines is 1. The fourth-order valence-corrected chi connectivity index (χ4v) is 2.40. The Morgan fingerprint density at radius 1 is 1.50 bits per heavy atom. The molecule has 1 aromatic rings. The van der Waals surface area contributed by atoms with Crippen molar-refractivity contribution < 1.29 is 13.2 Å². The van der Waals surface area contributed by atoms with Crippen molar-refractivity contribution in [3.05, 3.63) is 18.3 Å². The van der Waals surface area contributed by atoms with E-state index in [0.29, 0.717) is 19.0 Å². The molecule has 0 aliphatic heterocycles. The lowest BCUT2D eigenvalue weighted by Crippen LogP contribution is -2.14. The highest BCUT2D eigenvalue weighted by atomic mass is 32.2. The van der Waals surface area contributed by atoms with Crippen molar-refractivity contribution in [3.8, 4) is 0 Å². The monoisotopic (exact) mass is 270 g/mol. The summed E-state index contributed by atoms with van der Waals surface area (Å²) in [5.41, 5.74) is 0. The first-order valence-electron chi connectivity index (χ1n) is 6.04. The zero-order valence-electron chi connectivity index (χ0n) is 10.4. The predicted molar refractivity (Wildman–Crippen MR) is 69.4 cm³/mol. The standard InChI is InChI=1S/C12H18N2O3S/c1-18(15,16)11-3-2-6-13-12(11)14-7-8-17-9-10-4-5-10/h2-3,6,10H,4-5,7-9H2,1H3,(H,13,14). The third-order valence-electron chi connectivity index (χ3n) is 2.76. The molecule has 100 valence electrons. The summed E-state index contributed by atoms with van der Waals surface area (Å²) in [5, 5.41) is 3.00. The summed E-state index contributed by atoms with van der Waals surface area (Å²) >= 11 is 0. The molecule has 1 aliphatic rings. The lowest BCUT2D eigenvalue weighted by atomic mass is 10.4. The third-order valence-corrected chi connectivity index (χ3v) is 3.89. The third kappa shape index (κ3) is 3.96. The second kappa shape index (κ2) is 5.67. The molecule has 0 bridgehead atoms. The van der Waals surface area contributed by atoms with Crippen LogP contribution in [0.4, 0.5) is 5.82 Å². The largest absolute Gasteiger partial charge is 0.379 e. The molecule has 0 saturated heterocycles. The number of aromatic nitrogens is 1. The van der Waals surface area contributed by atoms with Gasteiger partial charge in [-0.05, 0) is 30.9 Å². The highest BCUT2D eigenvalue weighted by Gasteiger charge is 2.21. The van der Waals surface area contributed by atoms with Gasteiger partial charge >= 0.3 is 0 Å². The minimum absolute atomic E-state index is 0.229. The topological polar surface area (TPSA) is 68.3 Å². The number of nitrogens with one attached hydrogen (secondary N) is 1. The summed E-state index contributed by atoms with van der Waals surface area (Å²) in [6.07, 6.45) is 5.29. The predicted octanol–water partition coefficient (Wildman–Crippen LogP) is 1.32. The van der Waals surface area contributed by atoms with Crippen LogP contribution in [0.3, 0.4) is 0 Å². The van der Waals surface area contributed by atoms with E-state index in [1.54, 1.807) is 18.3 Å². The second-order valence-corrected chi connectivity index (χ2v) is 6.55. The van der Waals surface area contributed by atoms with Gasteiger partial charge in [0.1, 0.15) is 10.7 Å². The Balaban J connectivity index is 1.84. The van der Waals surface area contributed by atoms with Gasteiger partial charge in [-0.15, -0.1) is 0 Å². The Kier molecular flexibility index (Phi) is 4.19. The van der Waals surface area contributed by atoms with Crippen LogP contribution in [0.2, 0.25) is 0 Å². The number of pyridine rings is 1. The number of hydrogen-bond donors (Lipinski definition) is 1. The molecular formula is C12H18N2O3S. The first-order valence-corrected chi connectivity index (χ1v) is 7.93. The van der Waals surface area contributed by atoms with E-state index in [4.69, 9.17) is 4.74 Å². The fourth-order valence-electron chi connectivity index (χ4n) is 1.60. The van der Waals surface area contributed by atoms with E-state index in [1.807, 2.05) is 0 Å². The SMILES string of the molecule is CS(=O)(=O)c1cccnc1NCCOCC1CC1. The summed E-state index contributed by atoms with van der Waals surface area (Å²) in [7, 11) is -3.25. The molecule has 1 aromatic heterocycles. The molecule has 0 spiro atoms. The van der Waals surface area contributed by atoms with Gasteiger partial charge in [0, 0.05) is 25.6 Å². The zero-order valence-corrected chi connectivity index (χ0v) is 11.2. The molecule has 1 heterocycles. The van der Waals surface area contributed by atoms with Crippen LogP contribution in [0, 0.1) is 5.92 Å². The van der Waals surface area contributed by atoms with Gasteiger partial charge in [0.15, 0.2) is 9.84 Å². The molecule has 0 amide bonds. The molecule has 1 N–H and O–H groups in total. The minimum atomic E-state index is -3.25. The molecule has 2 rings (SSSR count). The average Bonchev–Trinajstić information content (AvgIpc) is 3.12. The number of ether oxygens (including phenoxy) is 1. The van der Waals surface area contributed by atoms with E-state index in [0.717, 1.165) is 12.5 Å². The first-order chi connectivity index (χ1) is 8.57. The van der Waals surface area contributed by atoms with Crippen molar-refractivity contribution in [1.82, 2.24) is 4.98 Å². The van der Waals surface area contributed by atoms with Crippen molar-refractivity contribution in [2.45, 2.75) is 17.7 Å². The molecule has 5 nitrogen and oxygen atoms in total. The van der Waals surface area contributed by atoms with Crippen LogP contribution >= 0.6 is 0 Å². The van der Waals surface area contributed by atoms with Gasteiger partial charge in [-0.2, -0.15) is 0 Å². The van der Waals surface area contributed by atoms with Crippen LogP contribution in [-0.2, 0) is 14.6 Å². The highest BCUT2D eigenvalue weighted by molar-refractivity contribution is 7.90. The molecule has 1 saturated carbocycles. The summed E-state index contributed by atoms with van der Waals surface area (Å²) in [5.74, 6) is 1.14. The molecule has 0 atom stereocenters. The molecule has 0 radical (unpaired) electrons. The average molecular weight is 270 g/mol. The Morgan fingerprint density at radius 3 is 2.94 bits per heavy atom. The lowest BCUT2D eigenvalue weighted by Gasteiger charge is -2.09. The Bertz CT molecular complexity index is 498. The van der Waals surface area contributed by atoms with Crippen LogP contribution < -0.4 is 5.32 Å². The zero-order chi connectivity index (χ0) is 13.0. The van der Waals surface area contributed by atoms with Crippen LogP contribution in [0.15, 0.2) is 23.2 Å². The Morgan fingerprint density at radius 2 is 2.28 bits per heavy atom. The Hall–Kier alpha value is -1.14. The smallest absolute Gasteiger partial charge is 0.179 e. The number of nitrogens with zero attached hydrogens (tertiary/aromatic N) is 1. The normalized spacial score (nSPS) is 15.6. The van der Waals surface area contributed by atoms with Gasteiger partial charge in [0.2, 0.25) is 0 Å². The quantitative estimate of drug-likeness (QED) is 0.757. The van der Waals surface area contributed by atoms with Crippen LogP contribution in [0.5, 0.6) is 0 Å². The van der Waals surface area contributed by atoms with Crippen molar-refractivity contribution in [1.29, 1.82) is 0 Å².